The molecule has 3 fully saturated rings. The highest BCUT2D eigenvalue weighted by atomic mass is 16.3. The van der Waals surface area contributed by atoms with Crippen molar-refractivity contribution in [1.82, 2.24) is 5.32 Å². The standard InChI is InChI=1S/C29H45NO4/c1-19(16-24(31)15-10-20-6-3-2-4-7-20)29-25(26(32)18-27(29)33)17-22-12-11-21(22)8-5-9-28(34)30-23-13-14-23/h2-4,6-7,19,21-27,29,31-33H,5,8-18H2,1H3,(H,30,34). The van der Waals surface area contributed by atoms with E-state index >= 15 is 0 Å². The molecular formula is C29H45NO4. The van der Waals surface area contributed by atoms with Crippen molar-refractivity contribution < 1.29 is 20.1 Å². The predicted molar refractivity (Wildman–Crippen MR) is 134 cm³/mol. The Morgan fingerprint density at radius 2 is 1.79 bits per heavy atom. The van der Waals surface area contributed by atoms with Crippen molar-refractivity contribution in [3.8, 4) is 0 Å². The van der Waals surface area contributed by atoms with Gasteiger partial charge in [-0.05, 0) is 106 Å². The summed E-state index contributed by atoms with van der Waals surface area (Å²) in [5.41, 5.74) is 1.24. The maximum atomic E-state index is 12.0. The molecule has 0 aliphatic heterocycles. The van der Waals surface area contributed by atoms with Crippen molar-refractivity contribution in [2.24, 2.45) is 29.6 Å². The quantitative estimate of drug-likeness (QED) is 0.347. The molecule has 0 saturated heterocycles. The number of hydrogen-bond acceptors (Lipinski definition) is 4. The number of hydrogen-bond donors (Lipinski definition) is 4. The molecule has 1 amide bonds. The Labute approximate surface area is 205 Å². The molecule has 8 unspecified atom stereocenters. The van der Waals surface area contributed by atoms with E-state index in [1.165, 1.54) is 18.4 Å². The summed E-state index contributed by atoms with van der Waals surface area (Å²) >= 11 is 0. The van der Waals surface area contributed by atoms with Gasteiger partial charge in [0.05, 0.1) is 18.3 Å². The van der Waals surface area contributed by atoms with Gasteiger partial charge >= 0.3 is 0 Å². The minimum absolute atomic E-state index is 0.0481. The van der Waals surface area contributed by atoms with Crippen LogP contribution in [0.5, 0.6) is 0 Å². The smallest absolute Gasteiger partial charge is 0.220 e. The van der Waals surface area contributed by atoms with E-state index in [4.69, 9.17) is 0 Å². The van der Waals surface area contributed by atoms with E-state index in [2.05, 4.69) is 24.4 Å². The maximum Gasteiger partial charge on any atom is 0.220 e. The van der Waals surface area contributed by atoms with E-state index in [-0.39, 0.29) is 29.8 Å². The van der Waals surface area contributed by atoms with Crippen LogP contribution in [0.2, 0.25) is 0 Å². The third-order valence-corrected chi connectivity index (χ3v) is 8.90. The minimum Gasteiger partial charge on any atom is -0.393 e. The first-order chi connectivity index (χ1) is 16.4. The molecule has 4 rings (SSSR count). The van der Waals surface area contributed by atoms with Crippen molar-refractivity contribution in [1.29, 1.82) is 0 Å². The van der Waals surface area contributed by atoms with Gasteiger partial charge in [-0.3, -0.25) is 4.79 Å². The second kappa shape index (κ2) is 12.0. The van der Waals surface area contributed by atoms with Gasteiger partial charge in [0.1, 0.15) is 0 Å². The van der Waals surface area contributed by atoms with Crippen LogP contribution in [0.4, 0.5) is 0 Å². The molecule has 0 spiro atoms. The molecule has 1 aromatic rings. The topological polar surface area (TPSA) is 89.8 Å². The molecular weight excluding hydrogens is 426 g/mol. The summed E-state index contributed by atoms with van der Waals surface area (Å²) < 4.78 is 0. The van der Waals surface area contributed by atoms with Crippen LogP contribution in [-0.4, -0.2) is 45.6 Å². The summed E-state index contributed by atoms with van der Waals surface area (Å²) in [7, 11) is 0. The zero-order chi connectivity index (χ0) is 24.1. The van der Waals surface area contributed by atoms with E-state index in [9.17, 15) is 20.1 Å². The first-order valence-corrected chi connectivity index (χ1v) is 13.8. The molecule has 190 valence electrons. The summed E-state index contributed by atoms with van der Waals surface area (Å²) in [4.78, 5) is 12.0. The van der Waals surface area contributed by atoms with E-state index in [1.54, 1.807) is 0 Å². The number of nitrogens with one attached hydrogen (secondary N) is 1. The number of rotatable bonds is 13. The van der Waals surface area contributed by atoms with Crippen molar-refractivity contribution in [3.05, 3.63) is 35.9 Å². The normalized spacial score (nSPS) is 32.7. The SMILES string of the molecule is CC(CC(O)CCc1ccccc1)C1C(O)CC(O)C1CC1CCC1CCCC(=O)NC1CC1. The molecule has 5 heteroatoms. The van der Waals surface area contributed by atoms with Crippen LogP contribution in [0.25, 0.3) is 0 Å². The van der Waals surface area contributed by atoms with Gasteiger partial charge < -0.3 is 20.6 Å². The molecule has 8 atom stereocenters. The highest BCUT2D eigenvalue weighted by Crippen LogP contribution is 2.48. The van der Waals surface area contributed by atoms with Crippen LogP contribution < -0.4 is 5.32 Å². The number of amides is 1. The molecule has 3 saturated carbocycles. The third kappa shape index (κ3) is 7.05. The lowest BCUT2D eigenvalue weighted by Gasteiger charge is -2.41. The first kappa shape index (κ1) is 25.7. The Morgan fingerprint density at radius 3 is 2.47 bits per heavy atom. The fourth-order valence-electron chi connectivity index (χ4n) is 6.65. The molecule has 0 aromatic heterocycles. The monoisotopic (exact) mass is 471 g/mol. The Balaban J connectivity index is 1.22. The zero-order valence-electron chi connectivity index (χ0n) is 20.8. The summed E-state index contributed by atoms with van der Waals surface area (Å²) in [6, 6.07) is 10.7. The average molecular weight is 472 g/mol. The van der Waals surface area contributed by atoms with Gasteiger partial charge in [-0.2, -0.15) is 0 Å². The van der Waals surface area contributed by atoms with Gasteiger partial charge in [-0.15, -0.1) is 0 Å². The molecule has 34 heavy (non-hydrogen) atoms. The van der Waals surface area contributed by atoms with Crippen LogP contribution in [0, 0.1) is 29.6 Å². The average Bonchev–Trinajstić information content (AvgIpc) is 3.56. The maximum absolute atomic E-state index is 12.0. The summed E-state index contributed by atoms with van der Waals surface area (Å²) in [6.07, 6.45) is 9.70. The number of aryl methyl sites for hydroxylation is 1. The van der Waals surface area contributed by atoms with Crippen molar-refractivity contribution in [3.63, 3.8) is 0 Å². The molecule has 5 nitrogen and oxygen atoms in total. The van der Waals surface area contributed by atoms with Crippen LogP contribution in [-0.2, 0) is 11.2 Å². The van der Waals surface area contributed by atoms with Crippen LogP contribution in [0.1, 0.15) is 83.1 Å². The molecule has 3 aliphatic carbocycles. The molecule has 3 aliphatic rings. The van der Waals surface area contributed by atoms with E-state index in [1.807, 2.05) is 18.2 Å². The fourth-order valence-corrected chi connectivity index (χ4v) is 6.65. The van der Waals surface area contributed by atoms with Gasteiger partial charge in [0, 0.05) is 12.5 Å². The van der Waals surface area contributed by atoms with E-state index < -0.39 is 12.2 Å². The Morgan fingerprint density at radius 1 is 1.06 bits per heavy atom. The molecule has 0 bridgehead atoms. The lowest BCUT2D eigenvalue weighted by molar-refractivity contribution is -0.121. The highest BCUT2D eigenvalue weighted by Gasteiger charge is 2.46. The van der Waals surface area contributed by atoms with Crippen LogP contribution in [0.15, 0.2) is 30.3 Å². The summed E-state index contributed by atoms with van der Waals surface area (Å²) in [6.45, 7) is 2.14. The lowest BCUT2D eigenvalue weighted by atomic mass is 9.65. The highest BCUT2D eigenvalue weighted by molar-refractivity contribution is 5.76. The second-order valence-electron chi connectivity index (χ2n) is 11.6. The number of aliphatic hydroxyl groups is 3. The van der Waals surface area contributed by atoms with Gasteiger partial charge in [-0.1, -0.05) is 37.3 Å². The molecule has 0 radical (unpaired) electrons. The largest absolute Gasteiger partial charge is 0.393 e. The molecule has 4 N–H and O–H groups in total. The van der Waals surface area contributed by atoms with Gasteiger partial charge in [-0.25, -0.2) is 0 Å². The number of aliphatic hydroxyl groups excluding tert-OH is 3. The molecule has 1 aromatic carbocycles. The van der Waals surface area contributed by atoms with Gasteiger partial charge in [0.25, 0.3) is 0 Å². The number of carbonyl (C=O) groups excluding carboxylic acids is 1. The van der Waals surface area contributed by atoms with Gasteiger partial charge in [0.15, 0.2) is 0 Å². The van der Waals surface area contributed by atoms with Crippen molar-refractivity contribution in [2.75, 3.05) is 0 Å². The summed E-state index contributed by atoms with van der Waals surface area (Å²) in [5.74, 6) is 1.77. The van der Waals surface area contributed by atoms with E-state index in [0.29, 0.717) is 37.1 Å². The summed E-state index contributed by atoms with van der Waals surface area (Å²) in [5, 5.41) is 35.3. The minimum atomic E-state index is -0.485. The molecule has 0 heterocycles. The fraction of sp³-hybridized carbons (Fsp3) is 0.759. The first-order valence-electron chi connectivity index (χ1n) is 13.8. The van der Waals surface area contributed by atoms with Crippen LogP contribution >= 0.6 is 0 Å². The van der Waals surface area contributed by atoms with Gasteiger partial charge in [0.2, 0.25) is 5.91 Å². The predicted octanol–water partition coefficient (Wildman–Crippen LogP) is 4.23. The van der Waals surface area contributed by atoms with Crippen molar-refractivity contribution in [2.45, 2.75) is 108 Å². The van der Waals surface area contributed by atoms with Crippen LogP contribution in [0.3, 0.4) is 0 Å². The Bertz CT molecular complexity index is 767. The Kier molecular flexibility index (Phi) is 9.06. The lowest BCUT2D eigenvalue weighted by Crippen LogP contribution is -2.35. The third-order valence-electron chi connectivity index (χ3n) is 8.90. The van der Waals surface area contributed by atoms with E-state index in [0.717, 1.165) is 44.9 Å². The van der Waals surface area contributed by atoms with Crippen molar-refractivity contribution >= 4 is 5.91 Å². The second-order valence-corrected chi connectivity index (χ2v) is 11.6. The Hall–Kier alpha value is -1.43. The number of carbonyl (C=O) groups is 1. The zero-order valence-corrected chi connectivity index (χ0v) is 20.8. The number of benzene rings is 1.